The van der Waals surface area contributed by atoms with E-state index in [1.54, 1.807) is 23.9 Å². The summed E-state index contributed by atoms with van der Waals surface area (Å²) in [5.74, 6) is 0.394. The normalized spacial score (nSPS) is 21.2. The van der Waals surface area contributed by atoms with E-state index in [4.69, 9.17) is 0 Å². The van der Waals surface area contributed by atoms with E-state index in [9.17, 15) is 9.90 Å². The summed E-state index contributed by atoms with van der Waals surface area (Å²) in [6.07, 6.45) is 3.09. The second-order valence-electron chi connectivity index (χ2n) is 3.89. The van der Waals surface area contributed by atoms with E-state index in [0.717, 1.165) is 30.7 Å². The highest BCUT2D eigenvalue weighted by molar-refractivity contribution is 8.00. The van der Waals surface area contributed by atoms with Crippen LogP contribution in [0.4, 0.5) is 0 Å². The smallest absolute Gasteiger partial charge is 0.233 e. The summed E-state index contributed by atoms with van der Waals surface area (Å²) in [4.78, 5) is 12.7. The molecule has 0 radical (unpaired) electrons. The van der Waals surface area contributed by atoms with E-state index in [-0.39, 0.29) is 16.9 Å². The van der Waals surface area contributed by atoms with E-state index in [1.807, 2.05) is 12.1 Å². The Morgan fingerprint density at radius 2 is 2.00 bits per heavy atom. The summed E-state index contributed by atoms with van der Waals surface area (Å²) in [5, 5.41) is 12.1. The van der Waals surface area contributed by atoms with Gasteiger partial charge in [-0.15, -0.1) is 11.8 Å². The molecule has 2 rings (SSSR count). The Balaban J connectivity index is 2.02. The summed E-state index contributed by atoms with van der Waals surface area (Å²) in [6.45, 7) is 0.797. The highest BCUT2D eigenvalue weighted by Gasteiger charge is 2.21. The Labute approximate surface area is 99.2 Å². The van der Waals surface area contributed by atoms with Crippen LogP contribution in [0.2, 0.25) is 0 Å². The second kappa shape index (κ2) is 5.25. The SMILES string of the molecule is O=C1NCCCC[C@H]1Sc1ccc(O)cc1. The Bertz CT molecular complexity index is 364. The van der Waals surface area contributed by atoms with Gasteiger partial charge in [0.1, 0.15) is 5.75 Å². The van der Waals surface area contributed by atoms with Gasteiger partial charge in [-0.3, -0.25) is 4.79 Å². The number of nitrogens with one attached hydrogen (secondary N) is 1. The summed E-state index contributed by atoms with van der Waals surface area (Å²) in [5.41, 5.74) is 0. The van der Waals surface area contributed by atoms with Crippen molar-refractivity contribution in [1.29, 1.82) is 0 Å². The van der Waals surface area contributed by atoms with Gasteiger partial charge in [0, 0.05) is 11.4 Å². The lowest BCUT2D eigenvalue weighted by molar-refractivity contribution is -0.120. The van der Waals surface area contributed by atoms with Crippen LogP contribution in [-0.2, 0) is 4.79 Å². The zero-order chi connectivity index (χ0) is 11.4. The van der Waals surface area contributed by atoms with Crippen molar-refractivity contribution in [3.8, 4) is 5.75 Å². The van der Waals surface area contributed by atoms with Crippen molar-refractivity contribution in [3.63, 3.8) is 0 Å². The van der Waals surface area contributed by atoms with E-state index in [0.29, 0.717) is 0 Å². The summed E-state index contributed by atoms with van der Waals surface area (Å²) < 4.78 is 0. The van der Waals surface area contributed by atoms with Crippen molar-refractivity contribution in [3.05, 3.63) is 24.3 Å². The molecule has 86 valence electrons. The van der Waals surface area contributed by atoms with Crippen LogP contribution in [0.1, 0.15) is 19.3 Å². The first kappa shape index (κ1) is 11.3. The molecule has 1 amide bonds. The van der Waals surface area contributed by atoms with Crippen LogP contribution in [-0.4, -0.2) is 22.8 Å². The maximum atomic E-state index is 11.7. The molecule has 1 fully saturated rings. The molecule has 0 aromatic heterocycles. The molecule has 0 bridgehead atoms. The van der Waals surface area contributed by atoms with Crippen molar-refractivity contribution >= 4 is 17.7 Å². The molecule has 0 saturated carbocycles. The van der Waals surface area contributed by atoms with Crippen molar-refractivity contribution in [2.24, 2.45) is 0 Å². The average Bonchev–Trinajstić information content (AvgIpc) is 2.48. The summed E-state index contributed by atoms with van der Waals surface area (Å²) in [6, 6.07) is 6.99. The first-order valence-corrected chi connectivity index (χ1v) is 6.37. The van der Waals surface area contributed by atoms with Crippen molar-refractivity contribution in [2.45, 2.75) is 29.4 Å². The van der Waals surface area contributed by atoms with E-state index >= 15 is 0 Å². The van der Waals surface area contributed by atoms with E-state index in [2.05, 4.69) is 5.32 Å². The van der Waals surface area contributed by atoms with E-state index in [1.165, 1.54) is 0 Å². The van der Waals surface area contributed by atoms with Crippen LogP contribution >= 0.6 is 11.8 Å². The fourth-order valence-electron chi connectivity index (χ4n) is 1.71. The molecule has 1 aromatic rings. The monoisotopic (exact) mass is 237 g/mol. The third-order valence-electron chi connectivity index (χ3n) is 2.60. The minimum atomic E-state index is 0.00652. The molecule has 0 spiro atoms. The Morgan fingerprint density at radius 1 is 1.25 bits per heavy atom. The van der Waals surface area contributed by atoms with Crippen LogP contribution in [0.3, 0.4) is 0 Å². The van der Waals surface area contributed by atoms with Crippen LogP contribution in [0.25, 0.3) is 0 Å². The van der Waals surface area contributed by atoms with Crippen LogP contribution in [0.15, 0.2) is 29.2 Å². The average molecular weight is 237 g/mol. The number of rotatable bonds is 2. The van der Waals surface area contributed by atoms with Crippen molar-refractivity contribution in [1.82, 2.24) is 5.32 Å². The highest BCUT2D eigenvalue weighted by Crippen LogP contribution is 2.28. The van der Waals surface area contributed by atoms with Gasteiger partial charge in [-0.05, 0) is 37.1 Å². The Kier molecular flexibility index (Phi) is 3.72. The molecular weight excluding hydrogens is 222 g/mol. The third-order valence-corrected chi connectivity index (χ3v) is 3.88. The standard InChI is InChI=1S/C12H15NO2S/c14-9-4-6-10(7-5-9)16-11-3-1-2-8-13-12(11)15/h4-7,11,14H,1-3,8H2,(H,13,15)/t11-/m1/s1. The number of hydrogen-bond acceptors (Lipinski definition) is 3. The molecule has 1 aliphatic heterocycles. The molecule has 2 N–H and O–H groups in total. The molecule has 1 saturated heterocycles. The van der Waals surface area contributed by atoms with Gasteiger partial charge >= 0.3 is 0 Å². The number of hydrogen-bond donors (Lipinski definition) is 2. The van der Waals surface area contributed by atoms with Gasteiger partial charge in [0.15, 0.2) is 0 Å². The number of aromatic hydroxyl groups is 1. The molecular formula is C12H15NO2S. The van der Waals surface area contributed by atoms with E-state index < -0.39 is 0 Å². The molecule has 1 atom stereocenters. The zero-order valence-electron chi connectivity index (χ0n) is 8.98. The molecule has 16 heavy (non-hydrogen) atoms. The number of carbonyl (C=O) groups is 1. The van der Waals surface area contributed by atoms with Crippen LogP contribution in [0, 0.1) is 0 Å². The number of phenols is 1. The number of amides is 1. The maximum absolute atomic E-state index is 11.7. The number of thioether (sulfide) groups is 1. The minimum Gasteiger partial charge on any atom is -0.508 e. The fourth-order valence-corrected chi connectivity index (χ4v) is 2.81. The highest BCUT2D eigenvalue weighted by atomic mass is 32.2. The van der Waals surface area contributed by atoms with Crippen molar-refractivity contribution in [2.75, 3.05) is 6.54 Å². The summed E-state index contributed by atoms with van der Waals surface area (Å²) in [7, 11) is 0. The van der Waals surface area contributed by atoms with Gasteiger partial charge in [0.2, 0.25) is 5.91 Å². The topological polar surface area (TPSA) is 49.3 Å². The number of carbonyl (C=O) groups excluding carboxylic acids is 1. The van der Waals surface area contributed by atoms with Gasteiger partial charge in [0.05, 0.1) is 5.25 Å². The molecule has 1 aliphatic rings. The minimum absolute atomic E-state index is 0.00652. The van der Waals surface area contributed by atoms with Gasteiger partial charge in [-0.25, -0.2) is 0 Å². The Morgan fingerprint density at radius 3 is 2.75 bits per heavy atom. The number of phenolic OH excluding ortho intramolecular Hbond substituents is 1. The van der Waals surface area contributed by atoms with Crippen LogP contribution < -0.4 is 5.32 Å². The van der Waals surface area contributed by atoms with Crippen LogP contribution in [0.5, 0.6) is 5.75 Å². The lowest BCUT2D eigenvalue weighted by Crippen LogP contribution is -2.30. The molecule has 4 heteroatoms. The number of benzene rings is 1. The zero-order valence-corrected chi connectivity index (χ0v) is 9.80. The van der Waals surface area contributed by atoms with Gasteiger partial charge < -0.3 is 10.4 Å². The third kappa shape index (κ3) is 2.92. The molecule has 1 aromatic carbocycles. The fraction of sp³-hybridized carbons (Fsp3) is 0.417. The van der Waals surface area contributed by atoms with Crippen molar-refractivity contribution < 1.29 is 9.90 Å². The molecule has 0 unspecified atom stereocenters. The first-order chi connectivity index (χ1) is 7.75. The predicted molar refractivity (Wildman–Crippen MR) is 64.6 cm³/mol. The van der Waals surface area contributed by atoms with Gasteiger partial charge in [-0.1, -0.05) is 6.42 Å². The lowest BCUT2D eigenvalue weighted by atomic mass is 10.2. The molecule has 3 nitrogen and oxygen atoms in total. The summed E-state index contributed by atoms with van der Waals surface area (Å²) >= 11 is 1.57. The second-order valence-corrected chi connectivity index (χ2v) is 5.16. The molecule has 1 heterocycles. The largest absolute Gasteiger partial charge is 0.508 e. The lowest BCUT2D eigenvalue weighted by Gasteiger charge is -2.12. The predicted octanol–water partition coefficient (Wildman–Crippen LogP) is 2.15. The Hall–Kier alpha value is -1.16. The van der Waals surface area contributed by atoms with Gasteiger partial charge in [-0.2, -0.15) is 0 Å². The quantitative estimate of drug-likeness (QED) is 0.828. The van der Waals surface area contributed by atoms with Gasteiger partial charge in [0.25, 0.3) is 0 Å². The maximum Gasteiger partial charge on any atom is 0.233 e. The molecule has 0 aliphatic carbocycles. The first-order valence-electron chi connectivity index (χ1n) is 5.49.